The van der Waals surface area contributed by atoms with Crippen LogP contribution in [-0.4, -0.2) is 61.4 Å². The van der Waals surface area contributed by atoms with E-state index in [-0.39, 0.29) is 37.6 Å². The zero-order chi connectivity index (χ0) is 22.7. The highest BCUT2D eigenvalue weighted by atomic mass is 16.5. The van der Waals surface area contributed by atoms with Gasteiger partial charge in [0.2, 0.25) is 5.91 Å². The van der Waals surface area contributed by atoms with Crippen molar-refractivity contribution in [2.45, 2.75) is 78.2 Å². The summed E-state index contributed by atoms with van der Waals surface area (Å²) in [7, 11) is 0. The molecule has 0 aliphatic heterocycles. The van der Waals surface area contributed by atoms with Gasteiger partial charge in [0.15, 0.2) is 5.96 Å². The second-order valence-electron chi connectivity index (χ2n) is 6.81. The summed E-state index contributed by atoms with van der Waals surface area (Å²) in [4.78, 5) is 40.2. The van der Waals surface area contributed by atoms with Gasteiger partial charge < -0.3 is 25.3 Å². The summed E-state index contributed by atoms with van der Waals surface area (Å²) in [6, 6.07) is -1.23. The summed E-state index contributed by atoms with van der Waals surface area (Å²) in [5, 5.41) is 5.17. The van der Waals surface area contributed by atoms with Gasteiger partial charge in [0.05, 0.1) is 37.5 Å². The highest BCUT2D eigenvalue weighted by Crippen LogP contribution is 2.27. The van der Waals surface area contributed by atoms with Gasteiger partial charge in [-0.1, -0.05) is 13.8 Å². The highest BCUT2D eigenvalue weighted by Gasteiger charge is 2.38. The summed E-state index contributed by atoms with van der Waals surface area (Å²) in [6.45, 7) is 9.17. The molecule has 2 amide bonds. The lowest BCUT2D eigenvalue weighted by Crippen LogP contribution is -2.54. The Hall–Kier alpha value is -2.62. The number of nitrogens with one attached hydrogen (secondary N) is 2. The monoisotopic (exact) mass is 426 g/mol. The minimum absolute atomic E-state index is 0.0660. The molecule has 0 heterocycles. The lowest BCUT2D eigenvalue weighted by molar-refractivity contribution is -0.139. The number of guanidine groups is 1. The molecule has 0 spiro atoms. The number of nitrogens with two attached hydrogens (primary N) is 1. The maximum atomic E-state index is 12.4. The Morgan fingerprint density at radius 3 is 2.33 bits per heavy atom. The van der Waals surface area contributed by atoms with Crippen molar-refractivity contribution < 1.29 is 28.6 Å². The fraction of sp³-hybridized carbons (Fsp3) is 0.700. The molecule has 0 saturated heterocycles. The van der Waals surface area contributed by atoms with Crippen LogP contribution in [0.25, 0.3) is 0 Å². The lowest BCUT2D eigenvalue weighted by atomic mass is 9.88. The quantitative estimate of drug-likeness (QED) is 0.287. The number of ether oxygens (including phenoxy) is 3. The van der Waals surface area contributed by atoms with Crippen LogP contribution in [0.3, 0.4) is 0 Å². The van der Waals surface area contributed by atoms with Crippen LogP contribution >= 0.6 is 0 Å². The Balaban J connectivity index is 3.26. The van der Waals surface area contributed by atoms with E-state index >= 15 is 0 Å². The third-order valence-corrected chi connectivity index (χ3v) is 4.54. The van der Waals surface area contributed by atoms with Crippen LogP contribution in [-0.2, 0) is 23.8 Å². The number of hydrogen-bond donors (Lipinski definition) is 3. The fourth-order valence-corrected chi connectivity index (χ4v) is 3.17. The molecule has 1 rings (SSSR count). The van der Waals surface area contributed by atoms with E-state index in [1.807, 2.05) is 13.8 Å². The summed E-state index contributed by atoms with van der Waals surface area (Å²) >= 11 is 0. The largest absolute Gasteiger partial charge is 0.463 e. The third kappa shape index (κ3) is 8.02. The molecular weight excluding hydrogens is 392 g/mol. The number of nitrogens with zero attached hydrogens (tertiary/aromatic N) is 1. The molecule has 0 aromatic rings. The Morgan fingerprint density at radius 2 is 1.80 bits per heavy atom. The van der Waals surface area contributed by atoms with Gasteiger partial charge in [0.1, 0.15) is 0 Å². The van der Waals surface area contributed by atoms with Crippen molar-refractivity contribution in [2.24, 2.45) is 10.7 Å². The molecule has 1 aliphatic rings. The summed E-state index contributed by atoms with van der Waals surface area (Å²) < 4.78 is 16.1. The molecule has 0 aromatic heterocycles. The van der Waals surface area contributed by atoms with Crippen LogP contribution in [0.2, 0.25) is 0 Å². The van der Waals surface area contributed by atoms with Crippen LogP contribution in [0.15, 0.2) is 16.6 Å². The second kappa shape index (κ2) is 12.8. The topological polar surface area (TPSA) is 141 Å². The maximum absolute atomic E-state index is 12.4. The van der Waals surface area contributed by atoms with E-state index in [1.165, 1.54) is 6.92 Å². The Morgan fingerprint density at radius 1 is 1.17 bits per heavy atom. The van der Waals surface area contributed by atoms with Gasteiger partial charge in [-0.25, -0.2) is 14.6 Å². The van der Waals surface area contributed by atoms with Crippen LogP contribution in [0, 0.1) is 0 Å². The molecule has 10 heteroatoms. The molecular formula is C20H34N4O6. The van der Waals surface area contributed by atoms with E-state index in [1.54, 1.807) is 19.9 Å². The first-order valence-electron chi connectivity index (χ1n) is 10.3. The Kier molecular flexibility index (Phi) is 10.9. The average molecular weight is 427 g/mol. The minimum Gasteiger partial charge on any atom is -0.463 e. The first kappa shape index (κ1) is 25.4. The van der Waals surface area contributed by atoms with E-state index in [0.717, 1.165) is 12.8 Å². The number of alkyl carbamates (subject to hydrolysis) is 1. The van der Waals surface area contributed by atoms with E-state index in [2.05, 4.69) is 15.6 Å². The second-order valence-corrected chi connectivity index (χ2v) is 6.81. The molecule has 1 aliphatic carbocycles. The standard InChI is InChI=1S/C20H34N4O6/c1-6-14(7-2)30-16-11-13(18(26)28-8-3)10-15(17(16)22-12(5)25)23-19(21)24-20(27)29-9-4/h11,14-17H,6-10H2,1-5H3,(H,22,25)(H3,21,23,24,27)/t15-,16+,17?/m0/s1. The van der Waals surface area contributed by atoms with Crippen molar-refractivity contribution in [2.75, 3.05) is 13.2 Å². The molecule has 0 saturated carbocycles. The first-order valence-corrected chi connectivity index (χ1v) is 10.3. The normalized spacial score (nSPS) is 21.6. The molecule has 0 bridgehead atoms. The van der Waals surface area contributed by atoms with Crippen molar-refractivity contribution in [3.63, 3.8) is 0 Å². The number of carbonyl (C=O) groups is 3. The summed E-state index contributed by atoms with van der Waals surface area (Å²) in [6.07, 6.45) is 1.96. The number of aliphatic imine (C=N–C) groups is 1. The van der Waals surface area contributed by atoms with Gasteiger partial charge in [-0.05, 0) is 32.8 Å². The van der Waals surface area contributed by atoms with Crippen molar-refractivity contribution >= 4 is 23.9 Å². The fourth-order valence-electron chi connectivity index (χ4n) is 3.17. The van der Waals surface area contributed by atoms with Gasteiger partial charge in [-0.3, -0.25) is 10.1 Å². The molecule has 10 nitrogen and oxygen atoms in total. The maximum Gasteiger partial charge on any atom is 0.413 e. The van der Waals surface area contributed by atoms with E-state index in [9.17, 15) is 14.4 Å². The SMILES string of the molecule is CCOC(=O)NC(N)=N[C@H]1CC(C(=O)OCC)=C[C@@H](OC(CC)CC)C1NC(C)=O. The lowest BCUT2D eigenvalue weighted by Gasteiger charge is -2.36. The van der Waals surface area contributed by atoms with Gasteiger partial charge >= 0.3 is 12.1 Å². The number of esters is 1. The number of amides is 2. The first-order chi connectivity index (χ1) is 14.2. The Labute approximate surface area is 177 Å². The van der Waals surface area contributed by atoms with E-state index in [4.69, 9.17) is 19.9 Å². The number of hydrogen-bond acceptors (Lipinski definition) is 7. The average Bonchev–Trinajstić information content (AvgIpc) is 2.67. The van der Waals surface area contributed by atoms with E-state index < -0.39 is 30.3 Å². The molecule has 170 valence electrons. The number of carbonyl (C=O) groups excluding carboxylic acids is 3. The third-order valence-electron chi connectivity index (χ3n) is 4.54. The van der Waals surface area contributed by atoms with Crippen molar-refractivity contribution in [3.8, 4) is 0 Å². The van der Waals surface area contributed by atoms with Gasteiger partial charge in [-0.15, -0.1) is 0 Å². The zero-order valence-electron chi connectivity index (χ0n) is 18.4. The van der Waals surface area contributed by atoms with Gasteiger partial charge in [0, 0.05) is 18.9 Å². The molecule has 30 heavy (non-hydrogen) atoms. The minimum atomic E-state index is -0.739. The summed E-state index contributed by atoms with van der Waals surface area (Å²) in [5.74, 6) is -0.933. The molecule has 0 radical (unpaired) electrons. The van der Waals surface area contributed by atoms with Crippen LogP contribution < -0.4 is 16.4 Å². The Bertz CT molecular complexity index is 660. The van der Waals surface area contributed by atoms with Crippen LogP contribution in [0.1, 0.15) is 53.9 Å². The highest BCUT2D eigenvalue weighted by molar-refractivity contribution is 5.93. The van der Waals surface area contributed by atoms with Gasteiger partial charge in [-0.2, -0.15) is 0 Å². The van der Waals surface area contributed by atoms with Crippen molar-refractivity contribution in [3.05, 3.63) is 11.6 Å². The zero-order valence-corrected chi connectivity index (χ0v) is 18.4. The van der Waals surface area contributed by atoms with Crippen LogP contribution in [0.5, 0.6) is 0 Å². The van der Waals surface area contributed by atoms with Crippen molar-refractivity contribution in [1.29, 1.82) is 0 Å². The number of rotatable bonds is 9. The smallest absolute Gasteiger partial charge is 0.413 e. The van der Waals surface area contributed by atoms with Crippen LogP contribution in [0.4, 0.5) is 4.79 Å². The van der Waals surface area contributed by atoms with Gasteiger partial charge in [0.25, 0.3) is 0 Å². The predicted octanol–water partition coefficient (Wildman–Crippen LogP) is 1.39. The molecule has 3 atom stereocenters. The van der Waals surface area contributed by atoms with E-state index in [0.29, 0.717) is 5.57 Å². The summed E-state index contributed by atoms with van der Waals surface area (Å²) in [5.41, 5.74) is 6.24. The molecule has 1 unspecified atom stereocenters. The predicted molar refractivity (Wildman–Crippen MR) is 112 cm³/mol. The molecule has 0 fully saturated rings. The molecule has 0 aromatic carbocycles. The molecule has 4 N–H and O–H groups in total. The van der Waals surface area contributed by atoms with Crippen molar-refractivity contribution in [1.82, 2.24) is 10.6 Å².